The highest BCUT2D eigenvalue weighted by Crippen LogP contribution is 2.53. The molecule has 0 N–H and O–H groups in total. The molecule has 0 aliphatic heterocycles. The van der Waals surface area contributed by atoms with E-state index in [9.17, 15) is 0 Å². The topological polar surface area (TPSA) is 83.1 Å². The van der Waals surface area contributed by atoms with Gasteiger partial charge in [0.15, 0.2) is 0 Å². The molecule has 0 rings (SSSR count). The summed E-state index contributed by atoms with van der Waals surface area (Å²) in [7, 11) is 2.91. The monoisotopic (exact) mass is 490 g/mol. The summed E-state index contributed by atoms with van der Waals surface area (Å²) in [6, 6.07) is 0. The third kappa shape index (κ3) is 4.97. The average molecular weight is 491 g/mol. The second kappa shape index (κ2) is 11.9. The summed E-state index contributed by atoms with van der Waals surface area (Å²) in [5, 5.41) is -0.209. The first-order valence-corrected chi connectivity index (χ1v) is 17.6. The third-order valence-corrected chi connectivity index (χ3v) is 29.6. The van der Waals surface area contributed by atoms with Gasteiger partial charge in [-0.05, 0) is 0 Å². The Labute approximate surface area is 181 Å². The van der Waals surface area contributed by atoms with Gasteiger partial charge in [0.25, 0.3) is 0 Å². The van der Waals surface area contributed by atoms with E-state index >= 15 is 0 Å². The first-order chi connectivity index (χ1) is 13.5. The summed E-state index contributed by atoms with van der Waals surface area (Å²) < 4.78 is 53.0. The van der Waals surface area contributed by atoms with Crippen molar-refractivity contribution in [2.45, 2.75) is 42.8 Å². The Bertz CT molecular complexity index is 384. The van der Waals surface area contributed by atoms with Crippen LogP contribution in [-0.2, 0) is 39.8 Å². The van der Waals surface area contributed by atoms with E-state index in [-0.39, 0.29) is 15.5 Å². The van der Waals surface area contributed by atoms with Crippen LogP contribution in [0.1, 0.15) is 20.8 Å². The van der Waals surface area contributed by atoms with Crippen LogP contribution in [0.4, 0.5) is 0 Å². The fraction of sp³-hybridized carbons (Fsp3) is 1.00. The zero-order valence-corrected chi connectivity index (χ0v) is 24.4. The van der Waals surface area contributed by atoms with E-state index in [1.165, 1.54) is 0 Å². The van der Waals surface area contributed by atoms with Gasteiger partial charge in [-0.3, -0.25) is 0 Å². The normalized spacial score (nSPS) is 18.9. The predicted molar refractivity (Wildman–Crippen MR) is 120 cm³/mol. The van der Waals surface area contributed by atoms with Crippen LogP contribution < -0.4 is 0 Å². The van der Waals surface area contributed by atoms with Crippen molar-refractivity contribution in [3.05, 3.63) is 0 Å². The molecule has 0 saturated heterocycles. The Hall–Kier alpha value is 0.508. The van der Waals surface area contributed by atoms with Crippen molar-refractivity contribution in [1.82, 2.24) is 0 Å². The maximum atomic E-state index is 5.89. The minimum Gasteiger partial charge on any atom is -0.377 e. The van der Waals surface area contributed by atoms with E-state index in [0.29, 0.717) is 0 Å². The largest absolute Gasteiger partial charge is 0.500 e. The van der Waals surface area contributed by atoms with E-state index in [0.717, 1.165) is 0 Å². The standard InChI is InChI=1S/C16H42O9Si4/c1-14(27(17-4,18-5)19-6)26(13,15(2)28(20-7,21-8)22-9)16(3)29(23-10,24-11)25-12/h14-16H,1-13H3. The van der Waals surface area contributed by atoms with Crippen molar-refractivity contribution in [3.8, 4) is 0 Å². The number of hydrogen-bond acceptors (Lipinski definition) is 9. The Morgan fingerprint density at radius 3 is 0.621 bits per heavy atom. The number of rotatable bonds is 15. The zero-order chi connectivity index (χ0) is 23.1. The van der Waals surface area contributed by atoms with E-state index < -0.39 is 34.5 Å². The molecule has 0 radical (unpaired) electrons. The second-order valence-electron chi connectivity index (χ2n) is 7.18. The van der Waals surface area contributed by atoms with Gasteiger partial charge < -0.3 is 39.8 Å². The van der Waals surface area contributed by atoms with Crippen molar-refractivity contribution in [3.63, 3.8) is 0 Å². The van der Waals surface area contributed by atoms with Crippen LogP contribution in [0.3, 0.4) is 0 Å². The highest BCUT2D eigenvalue weighted by Gasteiger charge is 2.69. The molecule has 0 fully saturated rings. The van der Waals surface area contributed by atoms with Crippen LogP contribution in [0.2, 0.25) is 22.0 Å². The van der Waals surface area contributed by atoms with Crippen LogP contribution in [0.15, 0.2) is 0 Å². The lowest BCUT2D eigenvalue weighted by atomic mass is 10.9. The first kappa shape index (κ1) is 29.5. The molecule has 9 nitrogen and oxygen atoms in total. The molecule has 13 heteroatoms. The smallest absolute Gasteiger partial charge is 0.377 e. The maximum absolute atomic E-state index is 5.89. The summed E-state index contributed by atoms with van der Waals surface area (Å²) in [5.41, 5.74) is 0. The van der Waals surface area contributed by atoms with Gasteiger partial charge in [0, 0.05) is 79.5 Å². The lowest BCUT2D eigenvalue weighted by molar-refractivity contribution is 0.111. The Balaban J connectivity index is 6.91. The molecular weight excluding hydrogens is 449 g/mol. The van der Waals surface area contributed by atoms with Gasteiger partial charge in [-0.2, -0.15) is 0 Å². The molecule has 0 aliphatic rings. The quantitative estimate of drug-likeness (QED) is 0.321. The highest BCUT2D eigenvalue weighted by molar-refractivity contribution is 7.05. The molecular formula is C16H42O9Si4. The average Bonchev–Trinajstić information content (AvgIpc) is 2.77. The summed E-state index contributed by atoms with van der Waals surface area (Å²) in [6.07, 6.45) is 0. The molecule has 3 atom stereocenters. The van der Waals surface area contributed by atoms with E-state index in [1.807, 2.05) is 0 Å². The van der Waals surface area contributed by atoms with Crippen molar-refractivity contribution in [2.24, 2.45) is 0 Å². The molecule has 0 bridgehead atoms. The minimum atomic E-state index is -3.04. The van der Waals surface area contributed by atoms with Crippen LogP contribution >= 0.6 is 0 Å². The lowest BCUT2D eigenvalue weighted by Crippen LogP contribution is -2.69. The number of hydrogen-bond donors (Lipinski definition) is 0. The summed E-state index contributed by atoms with van der Waals surface area (Å²) >= 11 is 0. The summed E-state index contributed by atoms with van der Waals surface area (Å²) in [5.74, 6) is 0. The van der Waals surface area contributed by atoms with Crippen molar-refractivity contribution < 1.29 is 39.8 Å². The van der Waals surface area contributed by atoms with Crippen molar-refractivity contribution in [1.29, 1.82) is 0 Å². The summed E-state index contributed by atoms with van der Waals surface area (Å²) in [4.78, 5) is 0. The van der Waals surface area contributed by atoms with Gasteiger partial charge in [-0.15, -0.1) is 0 Å². The fourth-order valence-corrected chi connectivity index (χ4v) is 29.9. The molecule has 0 saturated carbocycles. The van der Waals surface area contributed by atoms with Gasteiger partial charge in [-0.1, -0.05) is 27.3 Å². The molecule has 0 aromatic carbocycles. The predicted octanol–water partition coefficient (Wildman–Crippen LogP) is 2.49. The van der Waals surface area contributed by atoms with Crippen LogP contribution in [-0.4, -0.2) is 98.5 Å². The molecule has 0 amide bonds. The Morgan fingerprint density at radius 2 is 0.517 bits per heavy atom. The lowest BCUT2D eigenvalue weighted by Gasteiger charge is -2.52. The molecule has 29 heavy (non-hydrogen) atoms. The van der Waals surface area contributed by atoms with Crippen LogP contribution in [0, 0.1) is 0 Å². The molecule has 3 unspecified atom stereocenters. The highest BCUT2D eigenvalue weighted by atomic mass is 28.5. The molecule has 0 aromatic heterocycles. The van der Waals surface area contributed by atoms with Gasteiger partial charge >= 0.3 is 26.4 Å². The molecule has 176 valence electrons. The molecule has 0 aromatic rings. The minimum absolute atomic E-state index is 0.0698. The van der Waals surface area contributed by atoms with Gasteiger partial charge in [-0.25, -0.2) is 0 Å². The van der Waals surface area contributed by atoms with Crippen molar-refractivity contribution >= 4 is 34.5 Å². The zero-order valence-electron chi connectivity index (χ0n) is 20.4. The van der Waals surface area contributed by atoms with E-state index in [4.69, 9.17) is 39.8 Å². The Kier molecular flexibility index (Phi) is 12.1. The maximum Gasteiger partial charge on any atom is 0.500 e. The van der Waals surface area contributed by atoms with Crippen LogP contribution in [0.25, 0.3) is 0 Å². The molecule has 0 heterocycles. The SMILES string of the molecule is CO[Si](OC)(OC)C(C)[Si](C)(C(C)[Si](OC)(OC)OC)C(C)[Si](OC)(OC)OC. The fourth-order valence-electron chi connectivity index (χ4n) is 4.61. The van der Waals surface area contributed by atoms with E-state index in [1.54, 1.807) is 64.0 Å². The molecule has 0 spiro atoms. The van der Waals surface area contributed by atoms with Crippen molar-refractivity contribution in [2.75, 3.05) is 64.0 Å². The van der Waals surface area contributed by atoms with Gasteiger partial charge in [0.05, 0.1) is 8.07 Å². The van der Waals surface area contributed by atoms with Crippen LogP contribution in [0.5, 0.6) is 0 Å². The first-order valence-electron chi connectivity index (χ1n) is 9.48. The Morgan fingerprint density at radius 1 is 0.379 bits per heavy atom. The van der Waals surface area contributed by atoms with Gasteiger partial charge in [0.1, 0.15) is 0 Å². The third-order valence-electron chi connectivity index (χ3n) is 6.95. The van der Waals surface area contributed by atoms with Gasteiger partial charge in [0.2, 0.25) is 0 Å². The van der Waals surface area contributed by atoms with E-state index in [2.05, 4.69) is 27.3 Å². The molecule has 0 aliphatic carbocycles. The summed E-state index contributed by atoms with van der Waals surface area (Å²) in [6.45, 7) is 8.59. The second-order valence-corrected chi connectivity index (χ2v) is 24.1.